The van der Waals surface area contributed by atoms with E-state index >= 15 is 0 Å². The molecule has 0 aromatic rings. The van der Waals surface area contributed by atoms with Gasteiger partial charge < -0.3 is 10.6 Å². The summed E-state index contributed by atoms with van der Waals surface area (Å²) in [5, 5.41) is 0. The lowest BCUT2D eigenvalue weighted by Crippen LogP contribution is -2.40. The molecule has 0 amide bonds. The summed E-state index contributed by atoms with van der Waals surface area (Å²) in [6, 6.07) is 0.392. The van der Waals surface area contributed by atoms with E-state index in [2.05, 4.69) is 18.1 Å². The van der Waals surface area contributed by atoms with Crippen LogP contribution in [0.25, 0.3) is 0 Å². The van der Waals surface area contributed by atoms with Crippen LogP contribution in [0.15, 0.2) is 0 Å². The molecule has 3 heteroatoms. The zero-order valence-electron chi connectivity index (χ0n) is 9.54. The summed E-state index contributed by atoms with van der Waals surface area (Å²) in [6.45, 7) is 5.96. The van der Waals surface area contributed by atoms with E-state index in [4.69, 9.17) is 5.73 Å². The Hall–Kier alpha value is 0.270. The Morgan fingerprint density at radius 3 is 2.57 bits per heavy atom. The van der Waals surface area contributed by atoms with E-state index in [1.807, 2.05) is 11.8 Å². The van der Waals surface area contributed by atoms with Crippen molar-refractivity contribution in [1.82, 2.24) is 4.90 Å². The fourth-order valence-electron chi connectivity index (χ4n) is 2.13. The lowest BCUT2D eigenvalue weighted by Gasteiger charge is -2.33. The van der Waals surface area contributed by atoms with Crippen LogP contribution in [-0.2, 0) is 0 Å². The maximum absolute atomic E-state index is 5.91. The molecule has 0 bridgehead atoms. The normalized spacial score (nSPS) is 22.5. The van der Waals surface area contributed by atoms with Crippen molar-refractivity contribution in [1.29, 1.82) is 0 Å². The summed E-state index contributed by atoms with van der Waals surface area (Å²) >= 11 is 1.95. The van der Waals surface area contributed by atoms with Gasteiger partial charge in [-0.05, 0) is 63.7 Å². The van der Waals surface area contributed by atoms with E-state index in [9.17, 15) is 0 Å². The molecule has 84 valence electrons. The minimum atomic E-state index is 0.392. The van der Waals surface area contributed by atoms with Gasteiger partial charge in [-0.3, -0.25) is 0 Å². The predicted octanol–water partition coefficient (Wildman–Crippen LogP) is 1.80. The molecule has 0 aliphatic carbocycles. The summed E-state index contributed by atoms with van der Waals surface area (Å²) < 4.78 is 0. The van der Waals surface area contributed by atoms with Crippen LogP contribution in [-0.4, -0.2) is 42.6 Å². The minimum Gasteiger partial charge on any atom is -0.328 e. The van der Waals surface area contributed by atoms with Gasteiger partial charge >= 0.3 is 0 Å². The van der Waals surface area contributed by atoms with Crippen molar-refractivity contribution < 1.29 is 0 Å². The van der Waals surface area contributed by atoms with E-state index in [0.717, 1.165) is 5.92 Å². The molecule has 1 unspecified atom stereocenters. The number of thioether (sulfide) groups is 1. The van der Waals surface area contributed by atoms with Gasteiger partial charge in [-0.15, -0.1) is 0 Å². The Bertz CT molecular complexity index is 142. The van der Waals surface area contributed by atoms with Gasteiger partial charge in [0, 0.05) is 6.04 Å². The van der Waals surface area contributed by atoms with Gasteiger partial charge in [-0.25, -0.2) is 0 Å². The SMILES string of the molecule is CSCCCN1CCC(C(C)N)CC1. The first kappa shape index (κ1) is 12.3. The zero-order valence-corrected chi connectivity index (χ0v) is 10.4. The van der Waals surface area contributed by atoms with Crippen LogP contribution < -0.4 is 5.73 Å². The van der Waals surface area contributed by atoms with Gasteiger partial charge in [0.2, 0.25) is 0 Å². The second-order valence-electron chi connectivity index (χ2n) is 4.38. The molecule has 2 nitrogen and oxygen atoms in total. The molecular formula is C11H24N2S. The Labute approximate surface area is 92.6 Å². The lowest BCUT2D eigenvalue weighted by molar-refractivity contribution is 0.173. The largest absolute Gasteiger partial charge is 0.328 e. The van der Waals surface area contributed by atoms with Crippen molar-refractivity contribution in [2.45, 2.75) is 32.2 Å². The Kier molecular flexibility index (Phi) is 5.90. The Morgan fingerprint density at radius 1 is 1.43 bits per heavy atom. The van der Waals surface area contributed by atoms with E-state index in [0.29, 0.717) is 6.04 Å². The van der Waals surface area contributed by atoms with Crippen LogP contribution in [0.5, 0.6) is 0 Å². The topological polar surface area (TPSA) is 29.3 Å². The third-order valence-corrected chi connectivity index (χ3v) is 3.90. The molecule has 1 heterocycles. The molecule has 1 atom stereocenters. The van der Waals surface area contributed by atoms with Gasteiger partial charge in [0.15, 0.2) is 0 Å². The average Bonchev–Trinajstić information content (AvgIpc) is 2.19. The number of nitrogens with two attached hydrogens (primary N) is 1. The van der Waals surface area contributed by atoms with Crippen LogP contribution in [0.1, 0.15) is 26.2 Å². The lowest BCUT2D eigenvalue weighted by atomic mass is 9.91. The number of hydrogen-bond acceptors (Lipinski definition) is 3. The van der Waals surface area contributed by atoms with Crippen molar-refractivity contribution in [3.63, 3.8) is 0 Å². The van der Waals surface area contributed by atoms with Gasteiger partial charge in [-0.2, -0.15) is 11.8 Å². The van der Waals surface area contributed by atoms with Crippen molar-refractivity contribution in [3.05, 3.63) is 0 Å². The first-order chi connectivity index (χ1) is 6.74. The molecule has 0 saturated carbocycles. The molecule has 14 heavy (non-hydrogen) atoms. The third-order valence-electron chi connectivity index (χ3n) is 3.20. The summed E-state index contributed by atoms with van der Waals surface area (Å²) in [5.74, 6) is 2.07. The van der Waals surface area contributed by atoms with Gasteiger partial charge in [0.05, 0.1) is 0 Å². The maximum atomic E-state index is 5.91. The van der Waals surface area contributed by atoms with Crippen LogP contribution >= 0.6 is 11.8 Å². The monoisotopic (exact) mass is 216 g/mol. The standard InChI is InChI=1S/C11H24N2S/c1-10(12)11-4-7-13(8-5-11)6-3-9-14-2/h10-11H,3-9,12H2,1-2H3. The average molecular weight is 216 g/mol. The highest BCUT2D eigenvalue weighted by molar-refractivity contribution is 7.98. The summed E-state index contributed by atoms with van der Waals surface area (Å²) in [5.41, 5.74) is 5.91. The van der Waals surface area contributed by atoms with Crippen LogP contribution in [0, 0.1) is 5.92 Å². The molecule has 0 aromatic carbocycles. The number of likely N-dealkylation sites (tertiary alicyclic amines) is 1. The summed E-state index contributed by atoms with van der Waals surface area (Å²) in [4.78, 5) is 2.59. The minimum absolute atomic E-state index is 0.392. The summed E-state index contributed by atoms with van der Waals surface area (Å²) in [6.07, 6.45) is 6.13. The van der Waals surface area contributed by atoms with Crippen molar-refractivity contribution in [2.24, 2.45) is 11.7 Å². The second kappa shape index (κ2) is 6.70. The number of piperidine rings is 1. The van der Waals surface area contributed by atoms with E-state index in [1.165, 1.54) is 44.6 Å². The van der Waals surface area contributed by atoms with Gasteiger partial charge in [0.25, 0.3) is 0 Å². The molecule has 0 spiro atoms. The molecule has 1 fully saturated rings. The molecule has 1 aliphatic rings. The van der Waals surface area contributed by atoms with Crippen LogP contribution in [0.2, 0.25) is 0 Å². The highest BCUT2D eigenvalue weighted by atomic mass is 32.2. The number of nitrogens with zero attached hydrogens (tertiary/aromatic N) is 1. The predicted molar refractivity (Wildman–Crippen MR) is 65.8 cm³/mol. The number of rotatable bonds is 5. The highest BCUT2D eigenvalue weighted by Gasteiger charge is 2.20. The summed E-state index contributed by atoms with van der Waals surface area (Å²) in [7, 11) is 0. The van der Waals surface area contributed by atoms with E-state index in [-0.39, 0.29) is 0 Å². The third kappa shape index (κ3) is 4.20. The Balaban J connectivity index is 2.09. The quantitative estimate of drug-likeness (QED) is 0.711. The molecule has 1 rings (SSSR count). The first-order valence-corrected chi connectivity index (χ1v) is 7.10. The first-order valence-electron chi connectivity index (χ1n) is 5.71. The van der Waals surface area contributed by atoms with Crippen molar-refractivity contribution in [3.8, 4) is 0 Å². The smallest absolute Gasteiger partial charge is 0.00397 e. The molecule has 1 saturated heterocycles. The van der Waals surface area contributed by atoms with E-state index in [1.54, 1.807) is 0 Å². The maximum Gasteiger partial charge on any atom is 0.00397 e. The van der Waals surface area contributed by atoms with Crippen molar-refractivity contribution >= 4 is 11.8 Å². The molecule has 0 aromatic heterocycles. The fourth-order valence-corrected chi connectivity index (χ4v) is 2.55. The zero-order chi connectivity index (χ0) is 10.4. The van der Waals surface area contributed by atoms with Gasteiger partial charge in [-0.1, -0.05) is 0 Å². The molecular weight excluding hydrogens is 192 g/mol. The Morgan fingerprint density at radius 2 is 2.07 bits per heavy atom. The molecule has 0 radical (unpaired) electrons. The molecule has 2 N–H and O–H groups in total. The second-order valence-corrected chi connectivity index (χ2v) is 5.37. The van der Waals surface area contributed by atoms with Crippen LogP contribution in [0.4, 0.5) is 0 Å². The van der Waals surface area contributed by atoms with Crippen LogP contribution in [0.3, 0.4) is 0 Å². The molecule has 1 aliphatic heterocycles. The van der Waals surface area contributed by atoms with Gasteiger partial charge in [0.1, 0.15) is 0 Å². The number of hydrogen-bond donors (Lipinski definition) is 1. The fraction of sp³-hybridized carbons (Fsp3) is 1.00. The highest BCUT2D eigenvalue weighted by Crippen LogP contribution is 2.19. The van der Waals surface area contributed by atoms with E-state index < -0.39 is 0 Å². The van der Waals surface area contributed by atoms with Crippen molar-refractivity contribution in [2.75, 3.05) is 31.6 Å².